The molecule has 0 saturated carbocycles. The lowest BCUT2D eigenvalue weighted by molar-refractivity contribution is 0.472. The van der Waals surface area contributed by atoms with Crippen LogP contribution in [0.4, 0.5) is 0 Å². The lowest BCUT2D eigenvalue weighted by atomic mass is 9.88. The molecule has 1 heterocycles. The minimum atomic E-state index is -0.319. The average molecular weight is 260 g/mol. The summed E-state index contributed by atoms with van der Waals surface area (Å²) < 4.78 is 0. The van der Waals surface area contributed by atoms with E-state index in [1.54, 1.807) is 0 Å². The molecule has 2 heteroatoms. The molecule has 0 atom stereocenters. The number of rotatable bonds is 1. The highest BCUT2D eigenvalue weighted by Gasteiger charge is 2.35. The minimum absolute atomic E-state index is 0.319. The van der Waals surface area contributed by atoms with E-state index in [1.165, 1.54) is 11.1 Å². The van der Waals surface area contributed by atoms with Gasteiger partial charge in [0.15, 0.2) is 0 Å². The van der Waals surface area contributed by atoms with Gasteiger partial charge >= 0.3 is 0 Å². The first-order valence-corrected chi connectivity index (χ1v) is 6.96. The van der Waals surface area contributed by atoms with E-state index < -0.39 is 0 Å². The summed E-state index contributed by atoms with van der Waals surface area (Å²) in [6.45, 7) is 0. The van der Waals surface area contributed by atoms with Crippen molar-refractivity contribution < 1.29 is 0 Å². The smallest absolute Gasteiger partial charge is 0.0702 e. The van der Waals surface area contributed by atoms with Gasteiger partial charge in [0.05, 0.1) is 11.1 Å². The molecule has 0 spiro atoms. The van der Waals surface area contributed by atoms with Gasteiger partial charge in [-0.15, -0.1) is 0 Å². The lowest BCUT2D eigenvalue weighted by Gasteiger charge is -2.24. The standard InChI is InChI=1S/C18H16N2/c19-18(10-14-6-1-2-7-15(14)11-18)16-9-13-5-3-4-8-17(13)20-12-16/h1-9,12H,10-11,19H2. The summed E-state index contributed by atoms with van der Waals surface area (Å²) in [6.07, 6.45) is 3.72. The molecule has 2 nitrogen and oxygen atoms in total. The first-order chi connectivity index (χ1) is 9.74. The van der Waals surface area contributed by atoms with Crippen molar-refractivity contribution in [3.8, 4) is 0 Å². The zero-order valence-corrected chi connectivity index (χ0v) is 11.2. The fourth-order valence-electron chi connectivity index (χ4n) is 3.19. The van der Waals surface area contributed by atoms with Crippen LogP contribution < -0.4 is 5.73 Å². The maximum atomic E-state index is 6.68. The van der Waals surface area contributed by atoms with Gasteiger partial charge in [-0.05, 0) is 41.7 Å². The van der Waals surface area contributed by atoms with E-state index in [0.717, 1.165) is 29.3 Å². The third kappa shape index (κ3) is 1.73. The van der Waals surface area contributed by atoms with E-state index in [1.807, 2.05) is 24.4 Å². The third-order valence-electron chi connectivity index (χ3n) is 4.30. The molecule has 0 saturated heterocycles. The highest BCUT2D eigenvalue weighted by Crippen LogP contribution is 2.36. The summed E-state index contributed by atoms with van der Waals surface area (Å²) >= 11 is 0. The van der Waals surface area contributed by atoms with Crippen molar-refractivity contribution in [2.24, 2.45) is 5.73 Å². The molecule has 1 aliphatic carbocycles. The van der Waals surface area contributed by atoms with Crippen molar-refractivity contribution >= 4 is 10.9 Å². The Balaban J connectivity index is 1.80. The quantitative estimate of drug-likeness (QED) is 0.730. The van der Waals surface area contributed by atoms with Gasteiger partial charge in [0, 0.05) is 11.6 Å². The maximum Gasteiger partial charge on any atom is 0.0702 e. The molecule has 1 aromatic heterocycles. The predicted octanol–water partition coefficient (Wildman–Crippen LogP) is 3.19. The van der Waals surface area contributed by atoms with Crippen LogP contribution in [0, 0.1) is 0 Å². The number of fused-ring (bicyclic) bond motifs is 2. The molecule has 0 fully saturated rings. The van der Waals surface area contributed by atoms with E-state index in [0.29, 0.717) is 0 Å². The molecule has 0 aliphatic heterocycles. The number of nitrogens with zero attached hydrogens (tertiary/aromatic N) is 1. The summed E-state index contributed by atoms with van der Waals surface area (Å²) in [6, 6.07) is 18.9. The number of pyridine rings is 1. The van der Waals surface area contributed by atoms with Gasteiger partial charge in [-0.25, -0.2) is 0 Å². The molecule has 0 radical (unpaired) electrons. The number of para-hydroxylation sites is 1. The Morgan fingerprint density at radius 2 is 1.55 bits per heavy atom. The van der Waals surface area contributed by atoms with Gasteiger partial charge in [0.1, 0.15) is 0 Å². The number of aromatic nitrogens is 1. The van der Waals surface area contributed by atoms with Crippen molar-refractivity contribution in [3.63, 3.8) is 0 Å². The number of hydrogen-bond acceptors (Lipinski definition) is 2. The van der Waals surface area contributed by atoms with Crippen molar-refractivity contribution in [2.45, 2.75) is 18.4 Å². The monoisotopic (exact) mass is 260 g/mol. The highest BCUT2D eigenvalue weighted by atomic mass is 14.8. The Morgan fingerprint density at radius 3 is 2.30 bits per heavy atom. The van der Waals surface area contributed by atoms with Crippen molar-refractivity contribution in [2.75, 3.05) is 0 Å². The first kappa shape index (κ1) is 11.6. The van der Waals surface area contributed by atoms with E-state index in [9.17, 15) is 0 Å². The Bertz CT molecular complexity index is 767. The Hall–Kier alpha value is -2.19. The first-order valence-electron chi connectivity index (χ1n) is 6.96. The fraction of sp³-hybridized carbons (Fsp3) is 0.167. The average Bonchev–Trinajstić information content (AvgIpc) is 2.84. The lowest BCUT2D eigenvalue weighted by Crippen LogP contribution is -2.37. The topological polar surface area (TPSA) is 38.9 Å². The molecular weight excluding hydrogens is 244 g/mol. The number of hydrogen-bond donors (Lipinski definition) is 1. The van der Waals surface area contributed by atoms with Crippen molar-refractivity contribution in [3.05, 3.63) is 77.5 Å². The minimum Gasteiger partial charge on any atom is -0.321 e. The highest BCUT2D eigenvalue weighted by molar-refractivity contribution is 5.79. The Kier molecular flexibility index (Phi) is 2.41. The van der Waals surface area contributed by atoms with Crippen molar-refractivity contribution in [1.29, 1.82) is 0 Å². The van der Waals surface area contributed by atoms with E-state index in [-0.39, 0.29) is 5.54 Å². The van der Waals surface area contributed by atoms with Crippen LogP contribution in [0.5, 0.6) is 0 Å². The summed E-state index contributed by atoms with van der Waals surface area (Å²) in [5.74, 6) is 0. The molecule has 0 unspecified atom stereocenters. The summed E-state index contributed by atoms with van der Waals surface area (Å²) in [7, 11) is 0. The SMILES string of the molecule is NC1(c2cnc3ccccc3c2)Cc2ccccc2C1. The van der Waals surface area contributed by atoms with E-state index >= 15 is 0 Å². The van der Waals surface area contributed by atoms with Crippen molar-refractivity contribution in [1.82, 2.24) is 4.98 Å². The molecule has 2 aromatic carbocycles. The molecule has 2 N–H and O–H groups in total. The summed E-state index contributed by atoms with van der Waals surface area (Å²) in [5.41, 5.74) is 11.2. The summed E-state index contributed by atoms with van der Waals surface area (Å²) in [4.78, 5) is 4.55. The summed E-state index contributed by atoms with van der Waals surface area (Å²) in [5, 5.41) is 1.16. The second-order valence-electron chi connectivity index (χ2n) is 5.70. The van der Waals surface area contributed by atoms with Crippen LogP contribution in [-0.4, -0.2) is 4.98 Å². The van der Waals surface area contributed by atoms with Crippen LogP contribution in [0.25, 0.3) is 10.9 Å². The number of benzene rings is 2. The van der Waals surface area contributed by atoms with E-state index in [2.05, 4.69) is 41.4 Å². The molecule has 1 aliphatic rings. The van der Waals surface area contributed by atoms with Crippen LogP contribution in [0.3, 0.4) is 0 Å². The Labute approximate surface area is 118 Å². The van der Waals surface area contributed by atoms with Gasteiger partial charge in [-0.1, -0.05) is 42.5 Å². The van der Waals surface area contributed by atoms with Crippen LogP contribution in [0.2, 0.25) is 0 Å². The normalized spacial score (nSPS) is 16.2. The van der Waals surface area contributed by atoms with Gasteiger partial charge in [0.2, 0.25) is 0 Å². The molecule has 98 valence electrons. The van der Waals surface area contributed by atoms with Gasteiger partial charge < -0.3 is 5.73 Å². The van der Waals surface area contributed by atoms with Gasteiger partial charge in [0.25, 0.3) is 0 Å². The maximum absolute atomic E-state index is 6.68. The zero-order valence-electron chi connectivity index (χ0n) is 11.2. The van der Waals surface area contributed by atoms with Crippen LogP contribution in [-0.2, 0) is 18.4 Å². The molecule has 0 amide bonds. The van der Waals surface area contributed by atoms with Crippen LogP contribution in [0.15, 0.2) is 60.8 Å². The van der Waals surface area contributed by atoms with E-state index in [4.69, 9.17) is 5.73 Å². The second-order valence-corrected chi connectivity index (χ2v) is 5.70. The van der Waals surface area contributed by atoms with Gasteiger partial charge in [-0.2, -0.15) is 0 Å². The molecule has 0 bridgehead atoms. The largest absolute Gasteiger partial charge is 0.321 e. The van der Waals surface area contributed by atoms with Gasteiger partial charge in [-0.3, -0.25) is 4.98 Å². The molecule has 4 rings (SSSR count). The predicted molar refractivity (Wildman–Crippen MR) is 81.5 cm³/mol. The molecule has 20 heavy (non-hydrogen) atoms. The Morgan fingerprint density at radius 1 is 0.900 bits per heavy atom. The zero-order chi connectivity index (χ0) is 13.6. The fourth-order valence-corrected chi connectivity index (χ4v) is 3.19. The van der Waals surface area contributed by atoms with Crippen LogP contribution >= 0.6 is 0 Å². The second kappa shape index (κ2) is 4.15. The molecular formula is C18H16N2. The number of nitrogens with two attached hydrogens (primary N) is 1. The third-order valence-corrected chi connectivity index (χ3v) is 4.30. The van der Waals surface area contributed by atoms with Crippen LogP contribution in [0.1, 0.15) is 16.7 Å². The molecule has 3 aromatic rings.